The van der Waals surface area contributed by atoms with Crippen LogP contribution in [0.4, 0.5) is 5.95 Å². The maximum Gasteiger partial charge on any atom is 0.268 e. The van der Waals surface area contributed by atoms with Gasteiger partial charge in [0.2, 0.25) is 5.95 Å². The van der Waals surface area contributed by atoms with Gasteiger partial charge in [-0.3, -0.25) is 9.89 Å². The van der Waals surface area contributed by atoms with Crippen LogP contribution in [0.2, 0.25) is 0 Å². The van der Waals surface area contributed by atoms with E-state index in [0.717, 1.165) is 11.3 Å². The molecule has 1 amide bonds. The lowest BCUT2D eigenvalue weighted by Crippen LogP contribution is -2.12. The molecule has 2 heterocycles. The standard InChI is InChI=1S/C15H16N6O2/c1-17-15-18-10(7-8-3-5-9(23-2)6-4-8)11-12(19-15)13(14(16)22)21-20-11/h3-6H,7H2,1-2H3,(H2,16,22)(H,20,21)(H,17,18,19). The number of ether oxygens (including phenoxy) is 1. The van der Waals surface area contributed by atoms with E-state index in [1.807, 2.05) is 24.3 Å². The average molecular weight is 312 g/mol. The predicted octanol–water partition coefficient (Wildman–Crippen LogP) is 1.09. The van der Waals surface area contributed by atoms with Crippen molar-refractivity contribution in [3.63, 3.8) is 0 Å². The van der Waals surface area contributed by atoms with Crippen LogP contribution in [0, 0.1) is 0 Å². The molecule has 0 saturated heterocycles. The number of nitrogens with one attached hydrogen (secondary N) is 2. The van der Waals surface area contributed by atoms with E-state index in [2.05, 4.69) is 25.5 Å². The SMILES string of the molecule is CNc1nc(Cc2ccc(OC)cc2)c2n[nH]c(C(N)=O)c2n1. The number of amides is 1. The number of hydrogen-bond donors (Lipinski definition) is 3. The van der Waals surface area contributed by atoms with Crippen molar-refractivity contribution < 1.29 is 9.53 Å². The Morgan fingerprint density at radius 2 is 2.00 bits per heavy atom. The topological polar surface area (TPSA) is 119 Å². The second-order valence-corrected chi connectivity index (χ2v) is 4.93. The van der Waals surface area contributed by atoms with Gasteiger partial charge in [-0.1, -0.05) is 12.1 Å². The van der Waals surface area contributed by atoms with Gasteiger partial charge in [-0.05, 0) is 17.7 Å². The lowest BCUT2D eigenvalue weighted by atomic mass is 10.1. The molecular formula is C15H16N6O2. The summed E-state index contributed by atoms with van der Waals surface area (Å²) in [5.74, 6) is 0.585. The quantitative estimate of drug-likeness (QED) is 0.649. The molecule has 0 aliphatic carbocycles. The van der Waals surface area contributed by atoms with Crippen LogP contribution in [0.1, 0.15) is 21.7 Å². The van der Waals surface area contributed by atoms with E-state index in [1.165, 1.54) is 0 Å². The zero-order valence-corrected chi connectivity index (χ0v) is 12.8. The lowest BCUT2D eigenvalue weighted by molar-refractivity contribution is 0.0997. The largest absolute Gasteiger partial charge is 0.497 e. The number of H-pyrrole nitrogens is 1. The summed E-state index contributed by atoms with van der Waals surface area (Å²) in [4.78, 5) is 20.2. The molecule has 0 aliphatic heterocycles. The number of carbonyl (C=O) groups excluding carboxylic acids is 1. The molecule has 4 N–H and O–H groups in total. The Morgan fingerprint density at radius 3 is 2.61 bits per heavy atom. The van der Waals surface area contributed by atoms with Gasteiger partial charge in [0.25, 0.3) is 5.91 Å². The number of carbonyl (C=O) groups is 1. The summed E-state index contributed by atoms with van der Waals surface area (Å²) in [5.41, 5.74) is 8.21. The van der Waals surface area contributed by atoms with Gasteiger partial charge in [-0.2, -0.15) is 5.10 Å². The molecule has 0 aliphatic rings. The second kappa shape index (κ2) is 5.91. The molecule has 118 valence electrons. The minimum absolute atomic E-state index is 0.176. The number of nitrogens with zero attached hydrogens (tertiary/aromatic N) is 3. The minimum atomic E-state index is -0.608. The summed E-state index contributed by atoms with van der Waals surface area (Å²) in [6.45, 7) is 0. The Bertz CT molecular complexity index is 856. The van der Waals surface area contributed by atoms with Crippen molar-refractivity contribution >= 4 is 22.9 Å². The first-order chi connectivity index (χ1) is 11.1. The van der Waals surface area contributed by atoms with Gasteiger partial charge in [0.1, 0.15) is 22.5 Å². The van der Waals surface area contributed by atoms with Crippen LogP contribution in [0.25, 0.3) is 11.0 Å². The van der Waals surface area contributed by atoms with Crippen LogP contribution in [0.5, 0.6) is 5.75 Å². The van der Waals surface area contributed by atoms with Gasteiger partial charge < -0.3 is 15.8 Å². The van der Waals surface area contributed by atoms with Crippen molar-refractivity contribution in [2.24, 2.45) is 5.73 Å². The molecule has 0 bridgehead atoms. The molecule has 0 saturated carbocycles. The molecular weight excluding hydrogens is 296 g/mol. The highest BCUT2D eigenvalue weighted by atomic mass is 16.5. The smallest absolute Gasteiger partial charge is 0.268 e. The third kappa shape index (κ3) is 2.78. The van der Waals surface area contributed by atoms with Crippen LogP contribution in [0.3, 0.4) is 0 Å². The second-order valence-electron chi connectivity index (χ2n) is 4.93. The van der Waals surface area contributed by atoms with Crippen molar-refractivity contribution in [3.05, 3.63) is 41.2 Å². The third-order valence-electron chi connectivity index (χ3n) is 3.47. The Hall–Kier alpha value is -3.16. The normalized spacial score (nSPS) is 10.7. The van der Waals surface area contributed by atoms with E-state index in [-0.39, 0.29) is 5.69 Å². The minimum Gasteiger partial charge on any atom is -0.497 e. The van der Waals surface area contributed by atoms with Crippen LogP contribution in [-0.2, 0) is 6.42 Å². The zero-order chi connectivity index (χ0) is 16.4. The molecule has 0 unspecified atom stereocenters. The molecule has 0 radical (unpaired) electrons. The summed E-state index contributed by atoms with van der Waals surface area (Å²) < 4.78 is 5.15. The Balaban J connectivity index is 2.06. The van der Waals surface area contributed by atoms with E-state index in [0.29, 0.717) is 29.1 Å². The van der Waals surface area contributed by atoms with Gasteiger partial charge >= 0.3 is 0 Å². The van der Waals surface area contributed by atoms with E-state index in [9.17, 15) is 4.79 Å². The molecule has 8 heteroatoms. The monoisotopic (exact) mass is 312 g/mol. The number of methoxy groups -OCH3 is 1. The molecule has 8 nitrogen and oxygen atoms in total. The molecule has 0 spiro atoms. The molecule has 23 heavy (non-hydrogen) atoms. The maximum absolute atomic E-state index is 11.5. The third-order valence-corrected chi connectivity index (χ3v) is 3.47. The number of nitrogens with two attached hydrogens (primary N) is 1. The highest BCUT2D eigenvalue weighted by Gasteiger charge is 2.17. The highest BCUT2D eigenvalue weighted by molar-refractivity contribution is 6.02. The van der Waals surface area contributed by atoms with Gasteiger partial charge in [0.15, 0.2) is 0 Å². The van der Waals surface area contributed by atoms with Crippen LogP contribution in [-0.4, -0.2) is 40.2 Å². The van der Waals surface area contributed by atoms with Gasteiger partial charge in [-0.15, -0.1) is 0 Å². The first-order valence-electron chi connectivity index (χ1n) is 6.98. The van der Waals surface area contributed by atoms with E-state index in [1.54, 1.807) is 14.2 Å². The fourth-order valence-corrected chi connectivity index (χ4v) is 2.30. The summed E-state index contributed by atoms with van der Waals surface area (Å²) in [6.07, 6.45) is 0.542. The summed E-state index contributed by atoms with van der Waals surface area (Å²) in [5, 5.41) is 9.66. The fourth-order valence-electron chi connectivity index (χ4n) is 2.30. The fraction of sp³-hybridized carbons (Fsp3) is 0.200. The van der Waals surface area contributed by atoms with Crippen molar-refractivity contribution in [1.29, 1.82) is 0 Å². The van der Waals surface area contributed by atoms with Crippen LogP contribution in [0.15, 0.2) is 24.3 Å². The first-order valence-corrected chi connectivity index (χ1v) is 6.98. The summed E-state index contributed by atoms with van der Waals surface area (Å²) >= 11 is 0. The molecule has 3 rings (SSSR count). The Morgan fingerprint density at radius 1 is 1.26 bits per heavy atom. The number of primary amides is 1. The Labute approximate surface area is 132 Å². The number of aromatic nitrogens is 4. The predicted molar refractivity (Wildman–Crippen MR) is 85.5 cm³/mol. The summed E-state index contributed by atoms with van der Waals surface area (Å²) in [6, 6.07) is 7.67. The van der Waals surface area contributed by atoms with E-state index in [4.69, 9.17) is 10.5 Å². The molecule has 0 atom stereocenters. The van der Waals surface area contributed by atoms with E-state index < -0.39 is 5.91 Å². The number of anilines is 1. The highest BCUT2D eigenvalue weighted by Crippen LogP contribution is 2.22. The number of rotatable bonds is 5. The van der Waals surface area contributed by atoms with E-state index >= 15 is 0 Å². The number of aromatic amines is 1. The van der Waals surface area contributed by atoms with Crippen molar-refractivity contribution in [2.45, 2.75) is 6.42 Å². The molecule has 3 aromatic rings. The number of hydrogen-bond acceptors (Lipinski definition) is 6. The Kier molecular flexibility index (Phi) is 3.80. The van der Waals surface area contributed by atoms with Crippen molar-refractivity contribution in [1.82, 2.24) is 20.2 Å². The number of benzene rings is 1. The first kappa shape index (κ1) is 14.8. The van der Waals surface area contributed by atoms with Gasteiger partial charge in [0, 0.05) is 13.5 Å². The molecule has 0 fully saturated rings. The van der Waals surface area contributed by atoms with Crippen LogP contribution < -0.4 is 15.8 Å². The lowest BCUT2D eigenvalue weighted by Gasteiger charge is -2.06. The van der Waals surface area contributed by atoms with Gasteiger partial charge in [0.05, 0.1) is 12.8 Å². The van der Waals surface area contributed by atoms with Crippen molar-refractivity contribution in [3.8, 4) is 5.75 Å². The number of fused-ring (bicyclic) bond motifs is 1. The van der Waals surface area contributed by atoms with Crippen molar-refractivity contribution in [2.75, 3.05) is 19.5 Å². The zero-order valence-electron chi connectivity index (χ0n) is 12.8. The average Bonchev–Trinajstić information content (AvgIpc) is 2.99. The van der Waals surface area contributed by atoms with Crippen LogP contribution >= 0.6 is 0 Å². The molecule has 1 aromatic carbocycles. The van der Waals surface area contributed by atoms with Gasteiger partial charge in [-0.25, -0.2) is 9.97 Å². The maximum atomic E-state index is 11.5. The summed E-state index contributed by atoms with van der Waals surface area (Å²) in [7, 11) is 3.33. The molecule has 2 aromatic heterocycles.